The summed E-state index contributed by atoms with van der Waals surface area (Å²) in [5.41, 5.74) is 0. The first-order valence-corrected chi connectivity index (χ1v) is 8.09. The van der Waals surface area contributed by atoms with Gasteiger partial charge in [-0.3, -0.25) is 4.79 Å². The highest BCUT2D eigenvalue weighted by atomic mass is 79.9. The van der Waals surface area contributed by atoms with Crippen LogP contribution in [0.4, 0.5) is 0 Å². The zero-order valence-corrected chi connectivity index (χ0v) is 13.0. The van der Waals surface area contributed by atoms with Gasteiger partial charge in [-0.15, -0.1) is 11.8 Å². The Morgan fingerprint density at radius 1 is 1.44 bits per heavy atom. The maximum Gasteiger partial charge on any atom is 0.232 e. The number of carbonyl (C=O) groups excluding carboxylic acids is 1. The van der Waals surface area contributed by atoms with Crippen molar-refractivity contribution in [2.45, 2.75) is 24.7 Å². The van der Waals surface area contributed by atoms with Crippen LogP contribution < -0.4 is 0 Å². The third-order valence-corrected chi connectivity index (χ3v) is 4.71. The van der Waals surface area contributed by atoms with E-state index in [9.17, 15) is 4.79 Å². The quantitative estimate of drug-likeness (QED) is 0.787. The second-order valence-corrected chi connectivity index (χ2v) is 6.79. The summed E-state index contributed by atoms with van der Waals surface area (Å²) in [5, 5.41) is 0. The number of likely N-dealkylation sites (tertiary alicyclic amines) is 1. The molecule has 0 spiro atoms. The molecular weight excluding hydrogens is 310 g/mol. The standard InChI is InChI=1S/C14H18BrNOS/c1-11-3-2-8-16(9-11)14(17)10-18-13-6-4-12(15)5-7-13/h4-7,11H,2-3,8-10H2,1H3/t11-/m0/s1. The zero-order chi connectivity index (χ0) is 13.0. The fourth-order valence-corrected chi connectivity index (χ4v) is 3.25. The molecule has 0 radical (unpaired) electrons. The average Bonchev–Trinajstić information content (AvgIpc) is 2.38. The Kier molecular flexibility index (Phi) is 5.13. The fraction of sp³-hybridized carbons (Fsp3) is 0.500. The van der Waals surface area contributed by atoms with Gasteiger partial charge < -0.3 is 4.90 Å². The normalized spacial score (nSPS) is 19.9. The van der Waals surface area contributed by atoms with E-state index in [1.807, 2.05) is 29.2 Å². The van der Waals surface area contributed by atoms with Gasteiger partial charge in [0, 0.05) is 22.5 Å². The van der Waals surface area contributed by atoms with Gasteiger partial charge in [0.2, 0.25) is 5.91 Å². The van der Waals surface area contributed by atoms with E-state index >= 15 is 0 Å². The highest BCUT2D eigenvalue weighted by Gasteiger charge is 2.20. The smallest absolute Gasteiger partial charge is 0.232 e. The van der Waals surface area contributed by atoms with Gasteiger partial charge in [0.25, 0.3) is 0 Å². The molecule has 1 amide bonds. The molecule has 1 aromatic rings. The lowest BCUT2D eigenvalue weighted by Gasteiger charge is -2.30. The summed E-state index contributed by atoms with van der Waals surface area (Å²) in [6.45, 7) is 4.09. The molecular formula is C14H18BrNOS. The molecule has 0 aliphatic carbocycles. The fourth-order valence-electron chi connectivity index (χ4n) is 2.18. The van der Waals surface area contributed by atoms with Gasteiger partial charge in [0.15, 0.2) is 0 Å². The molecule has 0 N–H and O–H groups in total. The number of nitrogens with zero attached hydrogens (tertiary/aromatic N) is 1. The maximum absolute atomic E-state index is 12.1. The van der Waals surface area contributed by atoms with Gasteiger partial charge in [-0.1, -0.05) is 22.9 Å². The van der Waals surface area contributed by atoms with Gasteiger partial charge in [-0.05, 0) is 43.0 Å². The largest absolute Gasteiger partial charge is 0.342 e. The maximum atomic E-state index is 12.1. The van der Waals surface area contributed by atoms with Crippen LogP contribution in [-0.2, 0) is 4.79 Å². The molecule has 1 heterocycles. The molecule has 1 atom stereocenters. The summed E-state index contributed by atoms with van der Waals surface area (Å²) in [7, 11) is 0. The van der Waals surface area contributed by atoms with Crippen LogP contribution >= 0.6 is 27.7 Å². The van der Waals surface area contributed by atoms with Crippen LogP contribution in [0.2, 0.25) is 0 Å². The Labute approximate surface area is 121 Å². The van der Waals surface area contributed by atoms with Crippen LogP contribution in [0.25, 0.3) is 0 Å². The third kappa shape index (κ3) is 4.02. The molecule has 2 rings (SSSR count). The van der Waals surface area contributed by atoms with Crippen LogP contribution in [0.5, 0.6) is 0 Å². The molecule has 18 heavy (non-hydrogen) atoms. The summed E-state index contributed by atoms with van der Waals surface area (Å²) in [6.07, 6.45) is 2.40. The van der Waals surface area contributed by atoms with Gasteiger partial charge in [-0.25, -0.2) is 0 Å². The van der Waals surface area contributed by atoms with Crippen molar-refractivity contribution in [3.63, 3.8) is 0 Å². The number of piperidine rings is 1. The first-order chi connectivity index (χ1) is 8.65. The highest BCUT2D eigenvalue weighted by molar-refractivity contribution is 9.10. The van der Waals surface area contributed by atoms with Crippen molar-refractivity contribution in [3.8, 4) is 0 Å². The minimum Gasteiger partial charge on any atom is -0.342 e. The summed E-state index contributed by atoms with van der Waals surface area (Å²) in [5.74, 6) is 1.48. The molecule has 1 fully saturated rings. The topological polar surface area (TPSA) is 20.3 Å². The zero-order valence-electron chi connectivity index (χ0n) is 10.6. The molecule has 0 bridgehead atoms. The minimum absolute atomic E-state index is 0.273. The van der Waals surface area contributed by atoms with Crippen LogP contribution in [0, 0.1) is 5.92 Å². The number of amides is 1. The number of hydrogen-bond donors (Lipinski definition) is 0. The molecule has 1 aliphatic rings. The van der Waals surface area contributed by atoms with E-state index in [0.29, 0.717) is 11.7 Å². The predicted molar refractivity (Wildman–Crippen MR) is 79.8 cm³/mol. The number of carbonyl (C=O) groups is 1. The van der Waals surface area contributed by atoms with Crippen LogP contribution in [0.3, 0.4) is 0 Å². The highest BCUT2D eigenvalue weighted by Crippen LogP contribution is 2.22. The molecule has 0 unspecified atom stereocenters. The number of thioether (sulfide) groups is 1. The average molecular weight is 328 g/mol. The first-order valence-electron chi connectivity index (χ1n) is 6.31. The first kappa shape index (κ1) is 13.9. The second-order valence-electron chi connectivity index (χ2n) is 4.83. The van der Waals surface area contributed by atoms with Crippen LogP contribution in [0.15, 0.2) is 33.6 Å². The lowest BCUT2D eigenvalue weighted by atomic mass is 10.0. The second kappa shape index (κ2) is 6.62. The SMILES string of the molecule is C[C@H]1CCCN(C(=O)CSc2ccc(Br)cc2)C1. The van der Waals surface area contributed by atoms with E-state index in [0.717, 1.165) is 28.9 Å². The van der Waals surface area contributed by atoms with E-state index < -0.39 is 0 Å². The van der Waals surface area contributed by atoms with Crippen molar-refractivity contribution in [2.24, 2.45) is 5.92 Å². The monoisotopic (exact) mass is 327 g/mol. The minimum atomic E-state index is 0.273. The molecule has 4 heteroatoms. The van der Waals surface area contributed by atoms with E-state index in [1.165, 1.54) is 6.42 Å². The van der Waals surface area contributed by atoms with E-state index in [-0.39, 0.29) is 5.91 Å². The number of rotatable bonds is 3. The van der Waals surface area contributed by atoms with Gasteiger partial charge >= 0.3 is 0 Å². The van der Waals surface area contributed by atoms with Gasteiger partial charge in [0.1, 0.15) is 0 Å². The Hall–Kier alpha value is -0.480. The van der Waals surface area contributed by atoms with Gasteiger partial charge in [-0.2, -0.15) is 0 Å². The van der Waals surface area contributed by atoms with Crippen molar-refractivity contribution in [1.29, 1.82) is 0 Å². The Balaban J connectivity index is 1.82. The van der Waals surface area contributed by atoms with E-state index in [1.54, 1.807) is 11.8 Å². The Morgan fingerprint density at radius 3 is 2.83 bits per heavy atom. The lowest BCUT2D eigenvalue weighted by molar-refractivity contribution is -0.130. The van der Waals surface area contributed by atoms with Crippen LogP contribution in [0.1, 0.15) is 19.8 Å². The Morgan fingerprint density at radius 2 is 2.17 bits per heavy atom. The lowest BCUT2D eigenvalue weighted by Crippen LogP contribution is -2.40. The predicted octanol–water partition coefficient (Wildman–Crippen LogP) is 3.80. The molecule has 0 aromatic heterocycles. The van der Waals surface area contributed by atoms with Crippen molar-refractivity contribution >= 4 is 33.6 Å². The van der Waals surface area contributed by atoms with Gasteiger partial charge in [0.05, 0.1) is 5.75 Å². The molecule has 98 valence electrons. The van der Waals surface area contributed by atoms with Crippen molar-refractivity contribution in [3.05, 3.63) is 28.7 Å². The van der Waals surface area contributed by atoms with E-state index in [2.05, 4.69) is 22.9 Å². The molecule has 0 saturated carbocycles. The number of benzene rings is 1. The van der Waals surface area contributed by atoms with Crippen molar-refractivity contribution in [1.82, 2.24) is 4.90 Å². The number of halogens is 1. The molecule has 1 saturated heterocycles. The third-order valence-electron chi connectivity index (χ3n) is 3.19. The molecule has 2 nitrogen and oxygen atoms in total. The van der Waals surface area contributed by atoms with E-state index in [4.69, 9.17) is 0 Å². The van der Waals surface area contributed by atoms with Crippen molar-refractivity contribution in [2.75, 3.05) is 18.8 Å². The summed E-state index contributed by atoms with van der Waals surface area (Å²) in [6, 6.07) is 8.10. The molecule has 1 aliphatic heterocycles. The summed E-state index contributed by atoms with van der Waals surface area (Å²) in [4.78, 5) is 15.2. The summed E-state index contributed by atoms with van der Waals surface area (Å²) < 4.78 is 1.07. The summed E-state index contributed by atoms with van der Waals surface area (Å²) >= 11 is 5.03. The van der Waals surface area contributed by atoms with Crippen molar-refractivity contribution < 1.29 is 4.79 Å². The number of hydrogen-bond acceptors (Lipinski definition) is 2. The van der Waals surface area contributed by atoms with Crippen LogP contribution in [-0.4, -0.2) is 29.6 Å². The molecule has 1 aromatic carbocycles. The Bertz CT molecular complexity index is 407.